The summed E-state index contributed by atoms with van der Waals surface area (Å²) in [4.78, 5) is 11.9. The molecule has 2 nitrogen and oxygen atoms in total. The lowest BCUT2D eigenvalue weighted by Gasteiger charge is -2.15. The van der Waals surface area contributed by atoms with Crippen LogP contribution in [0.5, 0.6) is 0 Å². The van der Waals surface area contributed by atoms with E-state index in [2.05, 4.69) is 11.8 Å². The van der Waals surface area contributed by atoms with Crippen LogP contribution in [0.25, 0.3) is 0 Å². The first-order chi connectivity index (χ1) is 9.86. The summed E-state index contributed by atoms with van der Waals surface area (Å²) in [5, 5.41) is 0. The van der Waals surface area contributed by atoms with Gasteiger partial charge in [0.1, 0.15) is 0 Å². The van der Waals surface area contributed by atoms with Crippen molar-refractivity contribution in [2.45, 2.75) is 39.7 Å². The zero-order chi connectivity index (χ0) is 16.0. The van der Waals surface area contributed by atoms with E-state index in [-0.39, 0.29) is 5.92 Å². The van der Waals surface area contributed by atoms with Crippen LogP contribution in [0, 0.1) is 35.2 Å². The molecule has 0 aliphatic heterocycles. The zero-order valence-electron chi connectivity index (χ0n) is 12.2. The second-order valence-electron chi connectivity index (χ2n) is 4.92. The SMILES string of the molecule is CCC#CC(CC(C)C)OC(=O)c1ccc(F)c(F)c1F. The van der Waals surface area contributed by atoms with Gasteiger partial charge in [0.15, 0.2) is 23.6 Å². The Labute approximate surface area is 122 Å². The van der Waals surface area contributed by atoms with Gasteiger partial charge in [-0.3, -0.25) is 0 Å². The van der Waals surface area contributed by atoms with E-state index in [9.17, 15) is 18.0 Å². The number of hydrogen-bond donors (Lipinski definition) is 0. The van der Waals surface area contributed by atoms with Gasteiger partial charge in [-0.25, -0.2) is 18.0 Å². The third-order valence-electron chi connectivity index (χ3n) is 2.63. The smallest absolute Gasteiger partial charge is 0.342 e. The molecule has 1 unspecified atom stereocenters. The van der Waals surface area contributed by atoms with Crippen molar-refractivity contribution in [1.29, 1.82) is 0 Å². The average molecular weight is 298 g/mol. The minimum Gasteiger partial charge on any atom is -0.445 e. The summed E-state index contributed by atoms with van der Waals surface area (Å²) in [5.41, 5.74) is -0.638. The molecule has 0 aromatic heterocycles. The maximum absolute atomic E-state index is 13.5. The number of carbonyl (C=O) groups is 1. The predicted octanol–water partition coefficient (Wildman–Crippen LogP) is 4.09. The van der Waals surface area contributed by atoms with E-state index in [0.29, 0.717) is 18.9 Å². The molecule has 0 spiro atoms. The molecule has 21 heavy (non-hydrogen) atoms. The number of carbonyl (C=O) groups excluding carboxylic acids is 1. The molecule has 0 bridgehead atoms. The minimum absolute atomic E-state index is 0.212. The van der Waals surface area contributed by atoms with Crippen LogP contribution in [0.1, 0.15) is 44.0 Å². The van der Waals surface area contributed by atoms with E-state index in [4.69, 9.17) is 4.74 Å². The summed E-state index contributed by atoms with van der Waals surface area (Å²) < 4.78 is 44.6. The molecule has 1 aromatic rings. The number of halogens is 3. The van der Waals surface area contributed by atoms with Gasteiger partial charge in [0.2, 0.25) is 0 Å². The number of esters is 1. The van der Waals surface area contributed by atoms with Crippen molar-refractivity contribution < 1.29 is 22.7 Å². The maximum atomic E-state index is 13.5. The van der Waals surface area contributed by atoms with E-state index >= 15 is 0 Å². The second-order valence-corrected chi connectivity index (χ2v) is 4.92. The highest BCUT2D eigenvalue weighted by molar-refractivity contribution is 5.90. The Kier molecular flexibility index (Phi) is 6.29. The molecule has 0 saturated heterocycles. The Morgan fingerprint density at radius 3 is 2.48 bits per heavy atom. The standard InChI is InChI=1S/C16H17F3O2/c1-4-5-6-11(9-10(2)3)21-16(20)12-7-8-13(17)15(19)14(12)18/h7-8,10-11H,4,9H2,1-3H3. The fourth-order valence-corrected chi connectivity index (χ4v) is 1.66. The van der Waals surface area contributed by atoms with Crippen LogP contribution >= 0.6 is 0 Å². The topological polar surface area (TPSA) is 26.3 Å². The third-order valence-corrected chi connectivity index (χ3v) is 2.63. The van der Waals surface area contributed by atoms with Crippen molar-refractivity contribution in [2.75, 3.05) is 0 Å². The highest BCUT2D eigenvalue weighted by atomic mass is 19.2. The fraction of sp³-hybridized carbons (Fsp3) is 0.438. The molecule has 0 fully saturated rings. The van der Waals surface area contributed by atoms with E-state index in [1.54, 1.807) is 0 Å². The van der Waals surface area contributed by atoms with E-state index in [1.807, 2.05) is 20.8 Å². The van der Waals surface area contributed by atoms with E-state index in [0.717, 1.165) is 6.07 Å². The highest BCUT2D eigenvalue weighted by Crippen LogP contribution is 2.18. The molecule has 1 rings (SSSR count). The van der Waals surface area contributed by atoms with Crippen LogP contribution in [0.4, 0.5) is 13.2 Å². The number of benzene rings is 1. The molecule has 114 valence electrons. The van der Waals surface area contributed by atoms with Gasteiger partial charge in [-0.05, 0) is 24.5 Å². The van der Waals surface area contributed by atoms with Crippen molar-refractivity contribution in [3.05, 3.63) is 35.1 Å². The average Bonchev–Trinajstić information content (AvgIpc) is 2.41. The molecule has 1 aromatic carbocycles. The Bertz CT molecular complexity index is 571. The normalized spacial score (nSPS) is 11.8. The summed E-state index contributed by atoms with van der Waals surface area (Å²) in [6.45, 7) is 5.69. The Hall–Kier alpha value is -1.96. The molecule has 0 N–H and O–H groups in total. The lowest BCUT2D eigenvalue weighted by atomic mass is 10.1. The molecule has 5 heteroatoms. The molecule has 1 atom stereocenters. The van der Waals surface area contributed by atoms with Gasteiger partial charge in [-0.1, -0.05) is 32.6 Å². The predicted molar refractivity (Wildman–Crippen MR) is 73.0 cm³/mol. The summed E-state index contributed by atoms with van der Waals surface area (Å²) in [7, 11) is 0. The lowest BCUT2D eigenvalue weighted by Crippen LogP contribution is -2.20. The minimum atomic E-state index is -1.69. The third kappa shape index (κ3) is 4.82. The van der Waals surface area contributed by atoms with Gasteiger partial charge in [-0.2, -0.15) is 0 Å². The zero-order valence-corrected chi connectivity index (χ0v) is 12.2. The first-order valence-electron chi connectivity index (χ1n) is 6.69. The van der Waals surface area contributed by atoms with Gasteiger partial charge >= 0.3 is 5.97 Å². The van der Waals surface area contributed by atoms with Crippen molar-refractivity contribution in [1.82, 2.24) is 0 Å². The first-order valence-corrected chi connectivity index (χ1v) is 6.69. The summed E-state index contributed by atoms with van der Waals surface area (Å²) in [5.74, 6) is 0.120. The molecule has 0 radical (unpaired) electrons. The van der Waals surface area contributed by atoms with Gasteiger partial charge < -0.3 is 4.74 Å². The fourth-order valence-electron chi connectivity index (χ4n) is 1.66. The van der Waals surface area contributed by atoms with Gasteiger partial charge in [0.05, 0.1) is 5.56 Å². The van der Waals surface area contributed by atoms with Crippen molar-refractivity contribution >= 4 is 5.97 Å². The van der Waals surface area contributed by atoms with E-state index < -0.39 is 35.1 Å². The summed E-state index contributed by atoms with van der Waals surface area (Å²) in [6.07, 6.45) is 0.361. The molecular weight excluding hydrogens is 281 g/mol. The van der Waals surface area contributed by atoms with Gasteiger partial charge in [0, 0.05) is 6.42 Å². The molecule has 0 heterocycles. The first kappa shape index (κ1) is 17.1. The number of ether oxygens (including phenoxy) is 1. The number of rotatable bonds is 4. The lowest BCUT2D eigenvalue weighted by molar-refractivity contribution is 0.0370. The second kappa shape index (κ2) is 7.72. The Morgan fingerprint density at radius 1 is 1.24 bits per heavy atom. The van der Waals surface area contributed by atoms with Crippen LogP contribution in [-0.4, -0.2) is 12.1 Å². The van der Waals surface area contributed by atoms with Crippen molar-refractivity contribution in [3.63, 3.8) is 0 Å². The Morgan fingerprint density at radius 2 is 1.90 bits per heavy atom. The molecule has 0 aliphatic carbocycles. The van der Waals surface area contributed by atoms with Crippen LogP contribution in [0.2, 0.25) is 0 Å². The maximum Gasteiger partial charge on any atom is 0.342 e. The van der Waals surface area contributed by atoms with E-state index in [1.165, 1.54) is 0 Å². The monoisotopic (exact) mass is 298 g/mol. The van der Waals surface area contributed by atoms with Crippen LogP contribution in [-0.2, 0) is 4.74 Å². The van der Waals surface area contributed by atoms with Gasteiger partial charge in [0.25, 0.3) is 0 Å². The molecule has 0 aliphatic rings. The largest absolute Gasteiger partial charge is 0.445 e. The molecular formula is C16H17F3O2. The number of hydrogen-bond acceptors (Lipinski definition) is 2. The quantitative estimate of drug-likeness (QED) is 0.475. The Balaban J connectivity index is 2.94. The van der Waals surface area contributed by atoms with Crippen LogP contribution in [0.15, 0.2) is 12.1 Å². The summed E-state index contributed by atoms with van der Waals surface area (Å²) >= 11 is 0. The van der Waals surface area contributed by atoms with Crippen molar-refractivity contribution in [2.24, 2.45) is 5.92 Å². The molecule has 0 amide bonds. The van der Waals surface area contributed by atoms with Crippen molar-refractivity contribution in [3.8, 4) is 11.8 Å². The van der Waals surface area contributed by atoms with Crippen LogP contribution in [0.3, 0.4) is 0 Å². The van der Waals surface area contributed by atoms with Crippen LogP contribution < -0.4 is 0 Å². The molecule has 0 saturated carbocycles. The van der Waals surface area contributed by atoms with Gasteiger partial charge in [-0.15, -0.1) is 0 Å². The summed E-state index contributed by atoms with van der Waals surface area (Å²) in [6, 6.07) is 1.54. The highest BCUT2D eigenvalue weighted by Gasteiger charge is 2.22.